The number of ketones is 1. The van der Waals surface area contributed by atoms with Crippen molar-refractivity contribution >= 4 is 11.8 Å². The average Bonchev–Trinajstić information content (AvgIpc) is 1.90. The summed E-state index contributed by atoms with van der Waals surface area (Å²) in [6.45, 7) is 3.09. The van der Waals surface area contributed by atoms with Gasteiger partial charge >= 0.3 is 5.97 Å². The Bertz CT molecular complexity index is 144. The molecule has 0 saturated carbocycles. The Balaban J connectivity index is 0. The first-order chi connectivity index (χ1) is 5.09. The lowest BCUT2D eigenvalue weighted by atomic mass is 10.5. The van der Waals surface area contributed by atoms with Crippen LogP contribution >= 0.6 is 0 Å². The summed E-state index contributed by atoms with van der Waals surface area (Å²) in [5.41, 5.74) is 0. The first-order valence-electron chi connectivity index (χ1n) is 2.74. The van der Waals surface area contributed by atoms with Gasteiger partial charge in [0.1, 0.15) is 0 Å². The summed E-state index contributed by atoms with van der Waals surface area (Å²) < 4.78 is 4.31. The van der Waals surface area contributed by atoms with Crippen LogP contribution in [-0.2, 0) is 14.3 Å². The van der Waals surface area contributed by atoms with Crippen molar-refractivity contribution in [3.05, 3.63) is 4.91 Å². The van der Waals surface area contributed by atoms with Crippen LogP contribution in [0.4, 0.5) is 0 Å². The molecule has 0 bridgehead atoms. The zero-order chi connectivity index (χ0) is 9.28. The predicted octanol–water partition coefficient (Wildman–Crippen LogP) is 0.281. The van der Waals surface area contributed by atoms with E-state index in [-0.39, 0.29) is 6.61 Å². The van der Waals surface area contributed by atoms with E-state index >= 15 is 0 Å². The van der Waals surface area contributed by atoms with E-state index < -0.39 is 11.8 Å². The summed E-state index contributed by atoms with van der Waals surface area (Å²) in [4.78, 5) is 28.3. The number of hydrogen-bond donors (Lipinski definition) is 1. The minimum atomic E-state index is -0.757. The molecule has 64 valence electrons. The van der Waals surface area contributed by atoms with Crippen LogP contribution in [0.5, 0.6) is 0 Å². The summed E-state index contributed by atoms with van der Waals surface area (Å²) in [5, 5.41) is 7.89. The molecule has 6 nitrogen and oxygen atoms in total. The standard InChI is InChI=1S/C5H8O3.HNO2/c1-3-8-5(7)4(2)6;2-1-3/h3H2,1-2H3;(H,2,3). The SMILES string of the molecule is CCOC(=O)C(C)=O.O=NO. The molecule has 0 saturated heterocycles. The quantitative estimate of drug-likeness (QED) is 0.273. The van der Waals surface area contributed by atoms with E-state index in [9.17, 15) is 9.59 Å². The maximum absolute atomic E-state index is 10.2. The molecule has 1 N–H and O–H groups in total. The van der Waals surface area contributed by atoms with Crippen LogP contribution in [0.2, 0.25) is 0 Å². The van der Waals surface area contributed by atoms with Crippen molar-refractivity contribution in [2.75, 3.05) is 6.61 Å². The second-order valence-electron chi connectivity index (χ2n) is 1.36. The van der Waals surface area contributed by atoms with E-state index in [1.807, 2.05) is 0 Å². The van der Waals surface area contributed by atoms with Gasteiger partial charge in [-0.3, -0.25) is 4.79 Å². The summed E-state index contributed by atoms with van der Waals surface area (Å²) in [6.07, 6.45) is 0. The highest BCUT2D eigenvalue weighted by molar-refractivity contribution is 6.32. The third kappa shape index (κ3) is 11.9. The first kappa shape index (κ1) is 12.2. The minimum absolute atomic E-state index is 0.262. The zero-order valence-corrected chi connectivity index (χ0v) is 6.23. The number of carbonyl (C=O) groups is 2. The number of Topliss-reactive ketones (excluding diaryl/α,β-unsaturated/α-hetero) is 1. The fourth-order valence-corrected chi connectivity index (χ4v) is 0.233. The van der Waals surface area contributed by atoms with Crippen molar-refractivity contribution in [3.63, 3.8) is 0 Å². The summed E-state index contributed by atoms with van der Waals surface area (Å²) in [6, 6.07) is 0. The van der Waals surface area contributed by atoms with Gasteiger partial charge in [0.25, 0.3) is 0 Å². The van der Waals surface area contributed by atoms with Crippen molar-refractivity contribution in [2.24, 2.45) is 5.34 Å². The van der Waals surface area contributed by atoms with E-state index in [0.717, 1.165) is 0 Å². The fourth-order valence-electron chi connectivity index (χ4n) is 0.233. The van der Waals surface area contributed by atoms with Gasteiger partial charge in [0, 0.05) is 6.92 Å². The van der Waals surface area contributed by atoms with Gasteiger partial charge < -0.3 is 9.94 Å². The van der Waals surface area contributed by atoms with Crippen LogP contribution in [0.25, 0.3) is 0 Å². The molecule has 0 aromatic heterocycles. The lowest BCUT2D eigenvalue weighted by Crippen LogP contribution is -2.12. The van der Waals surface area contributed by atoms with Crippen LogP contribution < -0.4 is 0 Å². The summed E-state index contributed by atoms with van der Waals surface area (Å²) in [7, 11) is 0. The van der Waals surface area contributed by atoms with Gasteiger partial charge in [0.05, 0.1) is 6.61 Å². The number of esters is 1. The van der Waals surface area contributed by atoms with Gasteiger partial charge in [-0.1, -0.05) is 0 Å². The van der Waals surface area contributed by atoms with E-state index in [4.69, 9.17) is 10.1 Å². The number of ether oxygens (including phenoxy) is 1. The maximum atomic E-state index is 10.2. The monoisotopic (exact) mass is 163 g/mol. The van der Waals surface area contributed by atoms with Crippen LogP contribution in [0.15, 0.2) is 5.34 Å². The molecule has 0 atom stereocenters. The Morgan fingerprint density at radius 3 is 2.00 bits per heavy atom. The highest BCUT2D eigenvalue weighted by atomic mass is 16.6. The molecular weight excluding hydrogens is 154 g/mol. The second-order valence-corrected chi connectivity index (χ2v) is 1.36. The van der Waals surface area contributed by atoms with Gasteiger partial charge in [-0.2, -0.15) is 0 Å². The molecule has 0 fully saturated rings. The molecule has 0 spiro atoms. The molecule has 0 aromatic carbocycles. The van der Waals surface area contributed by atoms with E-state index in [0.29, 0.717) is 0 Å². The normalized spacial score (nSPS) is 7.09. The Morgan fingerprint density at radius 1 is 1.55 bits per heavy atom. The smallest absolute Gasteiger partial charge is 0.374 e. The highest BCUT2D eigenvalue weighted by Gasteiger charge is 2.05. The van der Waals surface area contributed by atoms with Crippen molar-refractivity contribution < 1.29 is 19.5 Å². The van der Waals surface area contributed by atoms with E-state index in [1.165, 1.54) is 12.3 Å². The molecule has 0 aliphatic heterocycles. The molecule has 0 heterocycles. The molecule has 0 aromatic rings. The molecule has 0 amide bonds. The lowest BCUT2D eigenvalue weighted by Gasteiger charge is -1.93. The molecule has 0 aliphatic rings. The van der Waals surface area contributed by atoms with Crippen LogP contribution in [0, 0.1) is 4.91 Å². The summed E-state index contributed by atoms with van der Waals surface area (Å²) in [5.74, 6) is -1.31. The Labute approximate surface area is 63.1 Å². The predicted molar refractivity (Wildman–Crippen MR) is 34.9 cm³/mol. The third-order valence-electron chi connectivity index (χ3n) is 0.563. The Morgan fingerprint density at radius 2 is 1.91 bits per heavy atom. The van der Waals surface area contributed by atoms with Crippen molar-refractivity contribution in [2.45, 2.75) is 13.8 Å². The molecule has 0 unspecified atom stereocenters. The maximum Gasteiger partial charge on any atom is 0.374 e. The average molecular weight is 163 g/mol. The Hall–Kier alpha value is -1.46. The highest BCUT2D eigenvalue weighted by Crippen LogP contribution is 1.77. The molecule has 0 aliphatic carbocycles. The number of hydrogen-bond acceptors (Lipinski definition) is 5. The molecule has 0 rings (SSSR count). The van der Waals surface area contributed by atoms with Gasteiger partial charge in [0.2, 0.25) is 5.78 Å². The van der Waals surface area contributed by atoms with Crippen molar-refractivity contribution in [1.29, 1.82) is 0 Å². The first-order valence-corrected chi connectivity index (χ1v) is 2.74. The molecule has 6 heteroatoms. The van der Waals surface area contributed by atoms with Crippen LogP contribution in [0.3, 0.4) is 0 Å². The number of rotatable bonds is 2. The lowest BCUT2D eigenvalue weighted by molar-refractivity contribution is -0.152. The van der Waals surface area contributed by atoms with Gasteiger partial charge in [-0.15, -0.1) is 4.91 Å². The van der Waals surface area contributed by atoms with E-state index in [2.05, 4.69) is 4.74 Å². The largest absolute Gasteiger partial charge is 0.460 e. The van der Waals surface area contributed by atoms with Crippen molar-refractivity contribution in [1.82, 2.24) is 0 Å². The second kappa shape index (κ2) is 8.54. The van der Waals surface area contributed by atoms with Crippen LogP contribution in [0.1, 0.15) is 13.8 Å². The third-order valence-corrected chi connectivity index (χ3v) is 0.563. The van der Waals surface area contributed by atoms with Gasteiger partial charge in [-0.25, -0.2) is 4.79 Å². The minimum Gasteiger partial charge on any atom is -0.460 e. The van der Waals surface area contributed by atoms with Crippen LogP contribution in [-0.4, -0.2) is 23.6 Å². The molecule has 11 heavy (non-hydrogen) atoms. The molecule has 0 radical (unpaired) electrons. The Kier molecular flexibility index (Phi) is 9.50. The van der Waals surface area contributed by atoms with Crippen molar-refractivity contribution in [3.8, 4) is 0 Å². The summed E-state index contributed by atoms with van der Waals surface area (Å²) >= 11 is 0. The van der Waals surface area contributed by atoms with Gasteiger partial charge in [0.15, 0.2) is 5.34 Å². The molecular formula is C5H9NO5. The number of nitrogens with zero attached hydrogens (tertiary/aromatic N) is 1. The fraction of sp³-hybridized carbons (Fsp3) is 0.600. The van der Waals surface area contributed by atoms with Gasteiger partial charge in [-0.05, 0) is 6.92 Å². The zero-order valence-electron chi connectivity index (χ0n) is 6.23. The topological polar surface area (TPSA) is 93.0 Å². The number of carbonyl (C=O) groups excluding carboxylic acids is 2. The van der Waals surface area contributed by atoms with E-state index in [1.54, 1.807) is 6.92 Å².